The van der Waals surface area contributed by atoms with Gasteiger partial charge in [-0.25, -0.2) is 4.68 Å². The lowest BCUT2D eigenvalue weighted by Gasteiger charge is -2.08. The van der Waals surface area contributed by atoms with E-state index >= 15 is 0 Å². The van der Waals surface area contributed by atoms with Crippen molar-refractivity contribution in [1.82, 2.24) is 9.78 Å². The first-order valence-corrected chi connectivity index (χ1v) is 5.12. The van der Waals surface area contributed by atoms with E-state index in [2.05, 4.69) is 22.9 Å². The number of aromatic nitrogens is 2. The number of hydrogen-bond donors (Lipinski definition) is 1. The molecule has 1 N–H and O–H groups in total. The van der Waals surface area contributed by atoms with Gasteiger partial charge in [0.1, 0.15) is 12.2 Å². The van der Waals surface area contributed by atoms with Gasteiger partial charge in [-0.05, 0) is 6.42 Å². The first kappa shape index (κ1) is 12.3. The highest BCUT2D eigenvalue weighted by Crippen LogP contribution is 2.14. The predicted molar refractivity (Wildman–Crippen MR) is 65.6 cm³/mol. The normalized spacial score (nSPS) is 9.50. The number of hydrogen-bond acceptors (Lipinski definition) is 3. The molecule has 0 atom stereocenters. The molecule has 1 aromatic heterocycles. The van der Waals surface area contributed by atoms with Crippen LogP contribution in [0, 0.1) is 12.3 Å². The summed E-state index contributed by atoms with van der Waals surface area (Å²) in [4.78, 5) is 11.8. The van der Waals surface area contributed by atoms with E-state index in [9.17, 15) is 4.79 Å². The van der Waals surface area contributed by atoms with Crippen LogP contribution < -0.4 is 10.9 Å². The summed E-state index contributed by atoms with van der Waals surface area (Å²) >= 11 is 5.86. The van der Waals surface area contributed by atoms with Gasteiger partial charge in [-0.1, -0.05) is 23.6 Å². The Balaban J connectivity index is 2.97. The molecule has 84 valence electrons. The van der Waals surface area contributed by atoms with Crippen LogP contribution in [-0.4, -0.2) is 16.3 Å². The van der Waals surface area contributed by atoms with Crippen molar-refractivity contribution in [3.8, 4) is 12.3 Å². The van der Waals surface area contributed by atoms with Gasteiger partial charge >= 0.3 is 0 Å². The molecule has 0 aromatic carbocycles. The summed E-state index contributed by atoms with van der Waals surface area (Å²) < 4.78 is 1.18. The Hall–Kier alpha value is -1.73. The molecule has 0 fully saturated rings. The van der Waals surface area contributed by atoms with Crippen LogP contribution in [0.15, 0.2) is 23.6 Å². The molecule has 1 heterocycles. The van der Waals surface area contributed by atoms with Crippen molar-refractivity contribution in [2.45, 2.75) is 13.0 Å². The third kappa shape index (κ3) is 2.88. The Morgan fingerprint density at radius 3 is 3.12 bits per heavy atom. The minimum absolute atomic E-state index is 0.131. The van der Waals surface area contributed by atoms with Crippen molar-refractivity contribution in [3.63, 3.8) is 0 Å². The Bertz CT molecular complexity index is 473. The van der Waals surface area contributed by atoms with E-state index in [1.807, 2.05) is 0 Å². The molecule has 0 aliphatic rings. The zero-order valence-electron chi connectivity index (χ0n) is 8.74. The number of anilines is 1. The first-order valence-electron chi connectivity index (χ1n) is 4.74. The lowest BCUT2D eigenvalue weighted by atomic mass is 10.4. The summed E-state index contributed by atoms with van der Waals surface area (Å²) in [6.45, 7) is 4.32. The maximum Gasteiger partial charge on any atom is 0.292 e. The monoisotopic (exact) mass is 237 g/mol. The van der Waals surface area contributed by atoms with E-state index in [4.69, 9.17) is 18.0 Å². The van der Waals surface area contributed by atoms with Crippen LogP contribution in [0.4, 0.5) is 5.69 Å². The predicted octanol–water partition coefficient (Wildman–Crippen LogP) is 1.52. The van der Waals surface area contributed by atoms with E-state index in [0.717, 1.165) is 6.42 Å². The summed E-state index contributed by atoms with van der Waals surface area (Å²) in [5, 5.41) is 7.06. The summed E-state index contributed by atoms with van der Waals surface area (Å²) in [5.41, 5.74) is 0.0169. The minimum atomic E-state index is -0.311. The molecule has 5 heteroatoms. The quantitative estimate of drug-likeness (QED) is 0.480. The van der Waals surface area contributed by atoms with Crippen molar-refractivity contribution >= 4 is 17.3 Å². The fraction of sp³-hybridized carbons (Fsp3) is 0.273. The number of rotatable bonds is 5. The average Bonchev–Trinajstić information content (AvgIpc) is 2.27. The van der Waals surface area contributed by atoms with Gasteiger partial charge in [0.25, 0.3) is 5.56 Å². The largest absolute Gasteiger partial charge is 0.379 e. The van der Waals surface area contributed by atoms with E-state index in [1.165, 1.54) is 10.9 Å². The average molecular weight is 238 g/mol. The standard InChI is InChI=1S/C11H12ClN3O/c1-3-5-6-13-10-9(12)8-14-15(7-4-2)11(10)16/h2-3,8,13H,1,5-7H2. The molecule has 0 spiro atoms. The van der Waals surface area contributed by atoms with E-state index in [-0.39, 0.29) is 12.1 Å². The van der Waals surface area contributed by atoms with E-state index in [0.29, 0.717) is 17.3 Å². The number of nitrogens with zero attached hydrogens (tertiary/aromatic N) is 2. The Labute approximate surface area is 98.9 Å². The molecule has 0 radical (unpaired) electrons. The third-order valence-electron chi connectivity index (χ3n) is 1.89. The number of halogens is 1. The van der Waals surface area contributed by atoms with Gasteiger partial charge in [0.2, 0.25) is 0 Å². The van der Waals surface area contributed by atoms with Crippen molar-refractivity contribution in [2.75, 3.05) is 11.9 Å². The SMILES string of the molecule is C#CCn1ncc(Cl)c(NCCC=C)c1=O. The van der Waals surface area contributed by atoms with Gasteiger partial charge in [-0.2, -0.15) is 5.10 Å². The minimum Gasteiger partial charge on any atom is -0.379 e. The highest BCUT2D eigenvalue weighted by Gasteiger charge is 2.08. The third-order valence-corrected chi connectivity index (χ3v) is 2.18. The molecular weight excluding hydrogens is 226 g/mol. The van der Waals surface area contributed by atoms with Gasteiger partial charge in [0, 0.05) is 6.54 Å². The summed E-state index contributed by atoms with van der Waals surface area (Å²) in [7, 11) is 0. The van der Waals surface area contributed by atoms with Crippen LogP contribution in [0.1, 0.15) is 6.42 Å². The first-order chi connectivity index (χ1) is 7.70. The summed E-state index contributed by atoms with van der Waals surface area (Å²) in [6, 6.07) is 0. The molecule has 0 aliphatic carbocycles. The Morgan fingerprint density at radius 2 is 2.50 bits per heavy atom. The second kappa shape index (κ2) is 5.99. The molecule has 0 saturated carbocycles. The highest BCUT2D eigenvalue weighted by molar-refractivity contribution is 6.32. The smallest absolute Gasteiger partial charge is 0.292 e. The molecule has 0 amide bonds. The maximum absolute atomic E-state index is 11.8. The van der Waals surface area contributed by atoms with Gasteiger partial charge in [-0.15, -0.1) is 13.0 Å². The number of nitrogens with one attached hydrogen (secondary N) is 1. The molecule has 4 nitrogen and oxygen atoms in total. The van der Waals surface area contributed by atoms with Gasteiger partial charge < -0.3 is 5.32 Å². The highest BCUT2D eigenvalue weighted by atomic mass is 35.5. The summed E-state index contributed by atoms with van der Waals surface area (Å²) in [6.07, 6.45) is 9.02. The Morgan fingerprint density at radius 1 is 1.75 bits per heavy atom. The van der Waals surface area contributed by atoms with Gasteiger partial charge in [-0.3, -0.25) is 4.79 Å². The lowest BCUT2D eigenvalue weighted by Crippen LogP contribution is -2.26. The van der Waals surface area contributed by atoms with E-state index < -0.39 is 0 Å². The van der Waals surface area contributed by atoms with Gasteiger partial charge in [0.05, 0.1) is 11.2 Å². The van der Waals surface area contributed by atoms with Crippen LogP contribution >= 0.6 is 11.6 Å². The van der Waals surface area contributed by atoms with Crippen molar-refractivity contribution in [3.05, 3.63) is 34.2 Å². The van der Waals surface area contributed by atoms with Gasteiger partial charge in [0.15, 0.2) is 0 Å². The fourth-order valence-electron chi connectivity index (χ4n) is 1.13. The van der Waals surface area contributed by atoms with Crippen LogP contribution in [0.5, 0.6) is 0 Å². The molecular formula is C11H12ClN3O. The van der Waals surface area contributed by atoms with Crippen LogP contribution in [0.3, 0.4) is 0 Å². The second-order valence-corrected chi connectivity index (χ2v) is 3.45. The topological polar surface area (TPSA) is 46.9 Å². The molecule has 16 heavy (non-hydrogen) atoms. The van der Waals surface area contributed by atoms with Crippen molar-refractivity contribution in [2.24, 2.45) is 0 Å². The van der Waals surface area contributed by atoms with Crippen molar-refractivity contribution < 1.29 is 0 Å². The molecule has 0 saturated heterocycles. The zero-order chi connectivity index (χ0) is 12.0. The molecule has 0 aliphatic heterocycles. The molecule has 0 unspecified atom stereocenters. The maximum atomic E-state index is 11.8. The molecule has 1 aromatic rings. The van der Waals surface area contributed by atoms with E-state index in [1.54, 1.807) is 6.08 Å². The number of terminal acetylenes is 1. The van der Waals surface area contributed by atoms with Crippen LogP contribution in [0.25, 0.3) is 0 Å². The van der Waals surface area contributed by atoms with Crippen LogP contribution in [0.2, 0.25) is 5.02 Å². The summed E-state index contributed by atoms with van der Waals surface area (Å²) in [5.74, 6) is 2.35. The second-order valence-electron chi connectivity index (χ2n) is 3.04. The lowest BCUT2D eigenvalue weighted by molar-refractivity contribution is 0.664. The fourth-order valence-corrected chi connectivity index (χ4v) is 1.32. The molecule has 1 rings (SSSR count). The molecule has 0 bridgehead atoms. The van der Waals surface area contributed by atoms with Crippen molar-refractivity contribution in [1.29, 1.82) is 0 Å². The zero-order valence-corrected chi connectivity index (χ0v) is 9.50. The van der Waals surface area contributed by atoms with Crippen LogP contribution in [-0.2, 0) is 6.54 Å². The Kier molecular flexibility index (Phi) is 4.62.